The number of nitrogens with one attached hydrogen (secondary N) is 1. The van der Waals surface area contributed by atoms with Gasteiger partial charge in [-0.05, 0) is 74.4 Å². The summed E-state index contributed by atoms with van der Waals surface area (Å²) in [6, 6.07) is 11.8. The number of tetrazole rings is 1. The highest BCUT2D eigenvalue weighted by molar-refractivity contribution is 5.96. The molecule has 1 heterocycles. The minimum Gasteiger partial charge on any atom is -0.481 e. The zero-order valence-corrected chi connectivity index (χ0v) is 20.5. The fourth-order valence-corrected chi connectivity index (χ4v) is 3.05. The van der Waals surface area contributed by atoms with Crippen molar-refractivity contribution in [2.75, 3.05) is 0 Å². The number of hydrogen-bond acceptors (Lipinski definition) is 8. The zero-order chi connectivity index (χ0) is 27.2. The maximum absolute atomic E-state index is 12.4. The van der Waals surface area contributed by atoms with Gasteiger partial charge in [0.1, 0.15) is 11.8 Å². The normalized spacial score (nSPS) is 12.0. The van der Waals surface area contributed by atoms with Gasteiger partial charge in [0, 0.05) is 17.5 Å². The highest BCUT2D eigenvalue weighted by atomic mass is 16.5. The van der Waals surface area contributed by atoms with Crippen LogP contribution in [0.3, 0.4) is 0 Å². The molecule has 12 heteroatoms. The lowest BCUT2D eigenvalue weighted by Crippen LogP contribution is -2.41. The molecule has 3 N–H and O–H groups in total. The summed E-state index contributed by atoms with van der Waals surface area (Å²) in [4.78, 5) is 47.8. The van der Waals surface area contributed by atoms with Crippen molar-refractivity contribution in [2.24, 2.45) is 5.41 Å². The van der Waals surface area contributed by atoms with Crippen LogP contribution in [-0.2, 0) is 20.9 Å². The highest BCUT2D eigenvalue weighted by Crippen LogP contribution is 2.22. The number of carboxylic acid groups (broad SMARTS) is 2. The lowest BCUT2D eigenvalue weighted by Gasteiger charge is -2.16. The standard InChI is InChI=1S/C25H27N5O7/c1-25(2,3)24(36)37-18-10-8-16(9-11-18)21-27-29-30(28-21)14-15-4-6-17(7-5-15)22(33)26-19(23(34)35)12-13-20(31)32/h4-11,19H,12-14H2,1-3H3,(H,26,33)(H,31,32)(H,34,35)/t19-/m0/s1. The number of benzene rings is 2. The lowest BCUT2D eigenvalue weighted by molar-refractivity contribution is -0.143. The topological polar surface area (TPSA) is 174 Å². The van der Waals surface area contributed by atoms with Gasteiger partial charge in [0.05, 0.1) is 12.0 Å². The van der Waals surface area contributed by atoms with Gasteiger partial charge in [0.15, 0.2) is 0 Å². The second-order valence-corrected chi connectivity index (χ2v) is 9.30. The van der Waals surface area contributed by atoms with Crippen LogP contribution in [0, 0.1) is 5.41 Å². The summed E-state index contributed by atoms with van der Waals surface area (Å²) in [7, 11) is 0. The monoisotopic (exact) mass is 509 g/mol. The van der Waals surface area contributed by atoms with Crippen LogP contribution in [0.1, 0.15) is 49.5 Å². The number of amides is 1. The van der Waals surface area contributed by atoms with E-state index in [0.717, 1.165) is 5.56 Å². The molecule has 1 amide bonds. The van der Waals surface area contributed by atoms with Gasteiger partial charge in [-0.2, -0.15) is 4.80 Å². The van der Waals surface area contributed by atoms with Crippen LogP contribution in [0.15, 0.2) is 48.5 Å². The maximum Gasteiger partial charge on any atom is 0.326 e. The zero-order valence-electron chi connectivity index (χ0n) is 20.5. The van der Waals surface area contributed by atoms with E-state index in [4.69, 9.17) is 9.84 Å². The summed E-state index contributed by atoms with van der Waals surface area (Å²) < 4.78 is 5.35. The Morgan fingerprint density at radius 1 is 1.00 bits per heavy atom. The van der Waals surface area contributed by atoms with Crippen LogP contribution in [0.5, 0.6) is 5.75 Å². The second kappa shape index (κ2) is 11.4. The Morgan fingerprint density at radius 3 is 2.22 bits per heavy atom. The van der Waals surface area contributed by atoms with Crippen molar-refractivity contribution in [3.8, 4) is 17.1 Å². The highest BCUT2D eigenvalue weighted by Gasteiger charge is 2.24. The molecule has 0 aliphatic rings. The molecule has 3 aromatic rings. The molecule has 0 spiro atoms. The minimum atomic E-state index is -1.31. The van der Waals surface area contributed by atoms with E-state index in [-0.39, 0.29) is 30.9 Å². The number of rotatable bonds is 10. The Balaban J connectivity index is 1.60. The Kier molecular flexibility index (Phi) is 8.33. The number of aliphatic carboxylic acids is 2. The van der Waals surface area contributed by atoms with E-state index in [1.54, 1.807) is 57.2 Å². The third kappa shape index (κ3) is 7.69. The van der Waals surface area contributed by atoms with Gasteiger partial charge in [0.25, 0.3) is 5.91 Å². The van der Waals surface area contributed by atoms with Crippen molar-refractivity contribution in [1.82, 2.24) is 25.5 Å². The third-order valence-corrected chi connectivity index (χ3v) is 5.18. The Hall–Kier alpha value is -4.61. The van der Waals surface area contributed by atoms with Crippen LogP contribution >= 0.6 is 0 Å². The van der Waals surface area contributed by atoms with Crippen LogP contribution < -0.4 is 10.1 Å². The number of carbonyl (C=O) groups excluding carboxylic acids is 2. The molecule has 0 saturated heterocycles. The van der Waals surface area contributed by atoms with Gasteiger partial charge < -0.3 is 20.3 Å². The molecule has 3 rings (SSSR count). The van der Waals surface area contributed by atoms with Crippen molar-refractivity contribution in [3.63, 3.8) is 0 Å². The number of carboxylic acids is 2. The predicted octanol–water partition coefficient (Wildman–Crippen LogP) is 2.39. The Morgan fingerprint density at radius 2 is 1.65 bits per heavy atom. The largest absolute Gasteiger partial charge is 0.481 e. The molecule has 12 nitrogen and oxygen atoms in total. The van der Waals surface area contributed by atoms with Crippen LogP contribution in [0.2, 0.25) is 0 Å². The van der Waals surface area contributed by atoms with E-state index in [1.807, 2.05) is 0 Å². The molecule has 0 saturated carbocycles. The number of nitrogens with zero attached hydrogens (tertiary/aromatic N) is 4. The average molecular weight is 510 g/mol. The molecule has 1 aromatic heterocycles. The third-order valence-electron chi connectivity index (χ3n) is 5.18. The van der Waals surface area contributed by atoms with Crippen molar-refractivity contribution in [1.29, 1.82) is 0 Å². The fourth-order valence-electron chi connectivity index (χ4n) is 3.05. The first-order chi connectivity index (χ1) is 17.4. The molecule has 2 aromatic carbocycles. The van der Waals surface area contributed by atoms with E-state index in [1.165, 1.54) is 16.9 Å². The summed E-state index contributed by atoms with van der Waals surface area (Å²) in [5.41, 5.74) is 1.06. The summed E-state index contributed by atoms with van der Waals surface area (Å²) in [6.45, 7) is 5.59. The van der Waals surface area contributed by atoms with Gasteiger partial charge in [-0.3, -0.25) is 14.4 Å². The first-order valence-corrected chi connectivity index (χ1v) is 11.4. The summed E-state index contributed by atoms with van der Waals surface area (Å²) in [5, 5.41) is 32.7. The van der Waals surface area contributed by atoms with Gasteiger partial charge in [-0.1, -0.05) is 12.1 Å². The van der Waals surface area contributed by atoms with Crippen molar-refractivity contribution >= 4 is 23.8 Å². The van der Waals surface area contributed by atoms with Crippen molar-refractivity contribution in [3.05, 3.63) is 59.7 Å². The molecule has 1 atom stereocenters. The van der Waals surface area contributed by atoms with E-state index in [2.05, 4.69) is 20.7 Å². The Bertz CT molecular complexity index is 1280. The van der Waals surface area contributed by atoms with Gasteiger partial charge >= 0.3 is 17.9 Å². The average Bonchev–Trinajstić information content (AvgIpc) is 3.30. The maximum atomic E-state index is 12.4. The molecule has 0 bridgehead atoms. The molecular weight excluding hydrogens is 482 g/mol. The van der Waals surface area contributed by atoms with Crippen LogP contribution in [0.4, 0.5) is 0 Å². The summed E-state index contributed by atoms with van der Waals surface area (Å²) in [6.07, 6.45) is -0.600. The SMILES string of the molecule is CC(C)(C)C(=O)Oc1ccc(-c2nnn(Cc3ccc(C(=O)N[C@@H](CCC(=O)O)C(=O)O)cc3)n2)cc1. The molecule has 0 aliphatic heterocycles. The molecule has 194 valence electrons. The van der Waals surface area contributed by atoms with Crippen molar-refractivity contribution < 1.29 is 34.1 Å². The number of esters is 1. The van der Waals surface area contributed by atoms with E-state index in [0.29, 0.717) is 17.1 Å². The molecule has 0 unspecified atom stereocenters. The van der Waals surface area contributed by atoms with Gasteiger partial charge in [0.2, 0.25) is 5.82 Å². The van der Waals surface area contributed by atoms with E-state index < -0.39 is 29.3 Å². The first kappa shape index (κ1) is 27.0. The Labute approximate surface area is 212 Å². The molecular formula is C25H27N5O7. The molecule has 0 aliphatic carbocycles. The quantitative estimate of drug-likeness (QED) is 0.272. The summed E-state index contributed by atoms with van der Waals surface area (Å²) >= 11 is 0. The van der Waals surface area contributed by atoms with E-state index >= 15 is 0 Å². The number of ether oxygens (including phenoxy) is 1. The fraction of sp³-hybridized carbons (Fsp3) is 0.320. The van der Waals surface area contributed by atoms with Crippen molar-refractivity contribution in [2.45, 2.75) is 46.2 Å². The van der Waals surface area contributed by atoms with Gasteiger partial charge in [-0.25, -0.2) is 4.79 Å². The lowest BCUT2D eigenvalue weighted by atomic mass is 9.97. The van der Waals surface area contributed by atoms with E-state index in [9.17, 15) is 24.3 Å². The number of hydrogen-bond donors (Lipinski definition) is 3. The minimum absolute atomic E-state index is 0.223. The summed E-state index contributed by atoms with van der Waals surface area (Å²) in [5.74, 6) is -2.62. The first-order valence-electron chi connectivity index (χ1n) is 11.4. The predicted molar refractivity (Wildman–Crippen MR) is 130 cm³/mol. The van der Waals surface area contributed by atoms with Gasteiger partial charge in [-0.15, -0.1) is 10.2 Å². The molecule has 0 radical (unpaired) electrons. The molecule has 0 fully saturated rings. The van der Waals surface area contributed by atoms with Crippen LogP contribution in [0.25, 0.3) is 11.4 Å². The smallest absolute Gasteiger partial charge is 0.326 e. The molecule has 37 heavy (non-hydrogen) atoms. The number of aromatic nitrogens is 4. The number of carbonyl (C=O) groups is 4. The van der Waals surface area contributed by atoms with Crippen LogP contribution in [-0.4, -0.2) is 60.3 Å². The second-order valence-electron chi connectivity index (χ2n) is 9.30.